The number of likely N-dealkylation sites (tertiary alicyclic amines) is 1. The lowest BCUT2D eigenvalue weighted by molar-refractivity contribution is 0.103. The number of para-hydroxylation sites is 1. The first-order chi connectivity index (χ1) is 15.4. The largest absolute Gasteiger partial charge is 0.504 e. The zero-order valence-electron chi connectivity index (χ0n) is 19.6. The zero-order chi connectivity index (χ0) is 22.7. The highest BCUT2D eigenvalue weighted by molar-refractivity contribution is 6.02. The molecule has 6 nitrogen and oxygen atoms in total. The predicted octanol–water partition coefficient (Wildman–Crippen LogP) is 4.52. The van der Waals surface area contributed by atoms with Gasteiger partial charge in [0.25, 0.3) is 0 Å². The van der Waals surface area contributed by atoms with E-state index in [9.17, 15) is 5.11 Å². The van der Waals surface area contributed by atoms with Crippen LogP contribution in [-0.4, -0.2) is 54.2 Å². The van der Waals surface area contributed by atoms with Crippen LogP contribution in [-0.2, 0) is 0 Å². The molecule has 32 heavy (non-hydrogen) atoms. The van der Waals surface area contributed by atoms with Crippen molar-refractivity contribution in [3.05, 3.63) is 53.6 Å². The maximum atomic E-state index is 10.9. The summed E-state index contributed by atoms with van der Waals surface area (Å²) in [5, 5.41) is 14.7. The summed E-state index contributed by atoms with van der Waals surface area (Å²) in [4.78, 5) is 7.79. The van der Waals surface area contributed by atoms with E-state index in [0.717, 1.165) is 48.5 Å². The molecule has 2 aromatic carbocycles. The van der Waals surface area contributed by atoms with Crippen molar-refractivity contribution in [3.8, 4) is 17.2 Å². The van der Waals surface area contributed by atoms with Crippen LogP contribution in [0.5, 0.6) is 17.2 Å². The smallest absolute Gasteiger partial charge is 0.162 e. The Morgan fingerprint density at radius 1 is 1.16 bits per heavy atom. The molecule has 0 amide bonds. The Kier molecular flexibility index (Phi) is 6.72. The van der Waals surface area contributed by atoms with Crippen LogP contribution in [0.1, 0.15) is 57.2 Å². The third-order valence-electron chi connectivity index (χ3n) is 6.67. The number of hydrogen-bond donors (Lipinski definition) is 2. The van der Waals surface area contributed by atoms with Crippen molar-refractivity contribution in [2.75, 3.05) is 26.8 Å². The molecule has 0 radical (unpaired) electrons. The van der Waals surface area contributed by atoms with Gasteiger partial charge in [0.1, 0.15) is 11.4 Å². The van der Waals surface area contributed by atoms with Crippen LogP contribution in [0.15, 0.2) is 47.5 Å². The maximum absolute atomic E-state index is 10.9. The van der Waals surface area contributed by atoms with Gasteiger partial charge in [-0.15, -0.1) is 0 Å². The number of nitrogens with one attached hydrogen (secondary N) is 1. The first-order valence-electron chi connectivity index (χ1n) is 11.6. The normalized spacial score (nSPS) is 20.9. The van der Waals surface area contributed by atoms with Crippen molar-refractivity contribution in [2.45, 2.75) is 57.8 Å². The van der Waals surface area contributed by atoms with E-state index in [2.05, 4.69) is 36.2 Å². The summed E-state index contributed by atoms with van der Waals surface area (Å²) in [7, 11) is 1.59. The Hall–Kier alpha value is -2.57. The molecule has 0 bridgehead atoms. The highest BCUT2D eigenvalue weighted by atomic mass is 16.5. The molecule has 0 unspecified atom stereocenters. The monoisotopic (exact) mass is 437 g/mol. The van der Waals surface area contributed by atoms with Crippen molar-refractivity contribution in [1.82, 2.24) is 10.2 Å². The Labute approximate surface area is 191 Å². The minimum absolute atomic E-state index is 0.0465. The van der Waals surface area contributed by atoms with E-state index in [0.29, 0.717) is 24.8 Å². The number of nitrogens with zero attached hydrogens (tertiary/aromatic N) is 2. The molecule has 0 aromatic heterocycles. The van der Waals surface area contributed by atoms with E-state index in [1.807, 2.05) is 31.2 Å². The van der Waals surface area contributed by atoms with Gasteiger partial charge in [-0.3, -0.25) is 10.3 Å². The van der Waals surface area contributed by atoms with Gasteiger partial charge in [0.2, 0.25) is 0 Å². The second kappa shape index (κ2) is 9.51. The van der Waals surface area contributed by atoms with Crippen molar-refractivity contribution < 1.29 is 14.6 Å². The molecule has 2 N–H and O–H groups in total. The number of rotatable bonds is 6. The molecule has 1 spiro atoms. The molecule has 6 heteroatoms. The summed E-state index contributed by atoms with van der Waals surface area (Å²) < 4.78 is 11.0. The van der Waals surface area contributed by atoms with E-state index in [1.165, 1.54) is 0 Å². The lowest BCUT2D eigenvalue weighted by atomic mass is 9.87. The van der Waals surface area contributed by atoms with Crippen LogP contribution in [0.2, 0.25) is 0 Å². The van der Waals surface area contributed by atoms with Gasteiger partial charge in [-0.25, -0.2) is 0 Å². The summed E-state index contributed by atoms with van der Waals surface area (Å²) in [5.41, 5.74) is 2.69. The van der Waals surface area contributed by atoms with Gasteiger partial charge in [-0.1, -0.05) is 12.1 Å². The topological polar surface area (TPSA) is 66.3 Å². The number of aliphatic imine (C=N–C) groups is 1. The number of hydrogen-bond acceptors (Lipinski definition) is 6. The Morgan fingerprint density at radius 3 is 2.50 bits per heavy atom. The number of piperidine rings is 1. The van der Waals surface area contributed by atoms with Gasteiger partial charge in [-0.05, 0) is 69.5 Å². The molecule has 2 aliphatic rings. The standard InChI is InChI=1S/C26H35N3O3/c1-5-32-20-11-9-19(10-12-20)22-17-23(21-7-6-8-24(31-4)25(21)30)28-26(27-22)13-15-29(16-14-26)18(2)3/h6-12,18,23,28,30H,5,13-17H2,1-4H3/t23-/m1/s1. The summed E-state index contributed by atoms with van der Waals surface area (Å²) in [6.07, 6.45) is 2.57. The molecular formula is C26H35N3O3. The molecule has 1 fully saturated rings. The average molecular weight is 438 g/mol. The minimum atomic E-state index is -0.336. The van der Waals surface area contributed by atoms with Crippen LogP contribution in [0.25, 0.3) is 0 Å². The van der Waals surface area contributed by atoms with Crippen molar-refractivity contribution in [3.63, 3.8) is 0 Å². The number of aromatic hydroxyl groups is 1. The molecule has 2 aliphatic heterocycles. The average Bonchev–Trinajstić information content (AvgIpc) is 2.80. The van der Waals surface area contributed by atoms with E-state index < -0.39 is 0 Å². The molecule has 2 heterocycles. The second-order valence-corrected chi connectivity index (χ2v) is 8.98. The lowest BCUT2D eigenvalue weighted by Gasteiger charge is -2.46. The number of benzene rings is 2. The first kappa shape index (κ1) is 22.6. The van der Waals surface area contributed by atoms with Crippen LogP contribution in [0, 0.1) is 0 Å². The molecule has 2 aromatic rings. The maximum Gasteiger partial charge on any atom is 0.162 e. The number of phenolic OH excluding ortho intramolecular Hbond substituents is 1. The van der Waals surface area contributed by atoms with Crippen LogP contribution < -0.4 is 14.8 Å². The minimum Gasteiger partial charge on any atom is -0.504 e. The third kappa shape index (κ3) is 4.62. The number of methoxy groups -OCH3 is 1. The number of ether oxygens (including phenoxy) is 2. The summed E-state index contributed by atoms with van der Waals surface area (Å²) in [5.74, 6) is 1.57. The third-order valence-corrected chi connectivity index (χ3v) is 6.67. The van der Waals surface area contributed by atoms with Gasteiger partial charge >= 0.3 is 0 Å². The van der Waals surface area contributed by atoms with Gasteiger partial charge in [0, 0.05) is 42.9 Å². The SMILES string of the molecule is CCOc1ccc(C2=NC3(CCN(C(C)C)CC3)N[C@@H](c3cccc(OC)c3O)C2)cc1. The Balaban J connectivity index is 1.69. The van der Waals surface area contributed by atoms with Crippen LogP contribution in [0.4, 0.5) is 0 Å². The molecular weight excluding hydrogens is 402 g/mol. The highest BCUT2D eigenvalue weighted by Crippen LogP contribution is 2.40. The number of phenols is 1. The predicted molar refractivity (Wildman–Crippen MR) is 128 cm³/mol. The van der Waals surface area contributed by atoms with E-state index in [1.54, 1.807) is 13.2 Å². The molecule has 4 rings (SSSR count). The zero-order valence-corrected chi connectivity index (χ0v) is 19.6. The van der Waals surface area contributed by atoms with E-state index >= 15 is 0 Å². The van der Waals surface area contributed by atoms with Crippen molar-refractivity contribution >= 4 is 5.71 Å². The van der Waals surface area contributed by atoms with Crippen molar-refractivity contribution in [1.29, 1.82) is 0 Å². The van der Waals surface area contributed by atoms with Gasteiger partial charge in [0.05, 0.1) is 13.7 Å². The fourth-order valence-electron chi connectivity index (χ4n) is 4.84. The van der Waals surface area contributed by atoms with Gasteiger partial charge < -0.3 is 19.5 Å². The molecule has 172 valence electrons. The summed E-state index contributed by atoms with van der Waals surface area (Å²) in [6, 6.07) is 14.4. The first-order valence-corrected chi connectivity index (χ1v) is 11.6. The summed E-state index contributed by atoms with van der Waals surface area (Å²) >= 11 is 0. The van der Waals surface area contributed by atoms with Crippen molar-refractivity contribution in [2.24, 2.45) is 4.99 Å². The highest BCUT2D eigenvalue weighted by Gasteiger charge is 2.41. The van der Waals surface area contributed by atoms with E-state index in [-0.39, 0.29) is 17.5 Å². The molecule has 1 atom stereocenters. The van der Waals surface area contributed by atoms with Gasteiger partial charge in [-0.2, -0.15) is 0 Å². The molecule has 0 aliphatic carbocycles. The molecule has 0 saturated carbocycles. The lowest BCUT2D eigenvalue weighted by Crippen LogP contribution is -2.56. The van der Waals surface area contributed by atoms with E-state index in [4.69, 9.17) is 14.5 Å². The fourth-order valence-corrected chi connectivity index (χ4v) is 4.84. The quantitative estimate of drug-likeness (QED) is 0.695. The molecule has 1 saturated heterocycles. The Morgan fingerprint density at radius 2 is 1.88 bits per heavy atom. The Bertz CT molecular complexity index is 947. The fraction of sp³-hybridized carbons (Fsp3) is 0.500. The second-order valence-electron chi connectivity index (χ2n) is 8.98. The van der Waals surface area contributed by atoms with Crippen LogP contribution in [0.3, 0.4) is 0 Å². The summed E-state index contributed by atoms with van der Waals surface area (Å²) in [6.45, 7) is 9.14. The van der Waals surface area contributed by atoms with Crippen LogP contribution >= 0.6 is 0 Å². The van der Waals surface area contributed by atoms with Gasteiger partial charge in [0.15, 0.2) is 11.5 Å².